The van der Waals surface area contributed by atoms with E-state index in [9.17, 15) is 14.4 Å². The average molecular weight is 526 g/mol. The summed E-state index contributed by atoms with van der Waals surface area (Å²) in [6.45, 7) is 5.50. The second-order valence-electron chi connectivity index (χ2n) is 10.2. The number of hydrogen-bond donors (Lipinski definition) is 1. The predicted molar refractivity (Wildman–Crippen MR) is 145 cm³/mol. The minimum absolute atomic E-state index is 0.199. The van der Waals surface area contributed by atoms with E-state index in [1.165, 1.54) is 5.56 Å². The molecule has 1 unspecified atom stereocenters. The number of imide groups is 1. The van der Waals surface area contributed by atoms with Crippen LogP contribution in [-0.4, -0.2) is 64.7 Å². The van der Waals surface area contributed by atoms with Crippen molar-refractivity contribution in [1.82, 2.24) is 20.1 Å². The van der Waals surface area contributed by atoms with E-state index in [1.54, 1.807) is 17.0 Å². The van der Waals surface area contributed by atoms with Crippen LogP contribution >= 0.6 is 0 Å². The molecule has 3 amide bonds. The Kier molecular flexibility index (Phi) is 6.98. The van der Waals surface area contributed by atoms with Crippen LogP contribution in [0.5, 0.6) is 5.75 Å². The number of carbonyl (C=O) groups is 3. The number of amides is 3. The standard InChI is InChI=1S/C30H31N5O4/c36-28-12-11-25(29(37)32-28)35-19-24-23(30(35)38)4-3-5-26(24)39-20-22-9-7-21(8-10-22)18-33-14-16-34(17-15-33)27-6-1-2-13-31-27/h1-10,13,25H,11-12,14-20H2,(H,32,36,37). The second kappa shape index (κ2) is 10.9. The topological polar surface area (TPSA) is 95.1 Å². The van der Waals surface area contributed by atoms with Crippen molar-refractivity contribution in [2.45, 2.75) is 38.6 Å². The normalized spacial score (nSPS) is 19.7. The molecule has 39 heavy (non-hydrogen) atoms. The van der Waals surface area contributed by atoms with Crippen LogP contribution in [0.3, 0.4) is 0 Å². The molecule has 0 aliphatic carbocycles. The maximum atomic E-state index is 13.0. The third-order valence-corrected chi connectivity index (χ3v) is 7.71. The fraction of sp³-hybridized carbons (Fsp3) is 0.333. The fourth-order valence-electron chi connectivity index (χ4n) is 5.53. The molecule has 2 saturated heterocycles. The van der Waals surface area contributed by atoms with Gasteiger partial charge in [-0.3, -0.25) is 24.6 Å². The summed E-state index contributed by atoms with van der Waals surface area (Å²) in [6.07, 6.45) is 2.41. The van der Waals surface area contributed by atoms with Crippen LogP contribution in [0.4, 0.5) is 5.82 Å². The minimum Gasteiger partial charge on any atom is -0.489 e. The SMILES string of the molecule is O=C1CCC(N2Cc3c(OCc4ccc(CN5CCN(c6ccccn6)CC5)cc4)cccc3C2=O)C(=O)N1. The summed E-state index contributed by atoms with van der Waals surface area (Å²) in [5.74, 6) is 0.781. The molecular formula is C30H31N5O4. The number of hydrogen-bond acceptors (Lipinski definition) is 7. The highest BCUT2D eigenvalue weighted by Crippen LogP contribution is 2.34. The van der Waals surface area contributed by atoms with Gasteiger partial charge in [-0.25, -0.2) is 4.98 Å². The van der Waals surface area contributed by atoms with Crippen molar-refractivity contribution in [2.24, 2.45) is 0 Å². The van der Waals surface area contributed by atoms with E-state index >= 15 is 0 Å². The van der Waals surface area contributed by atoms with E-state index in [-0.39, 0.29) is 18.2 Å². The van der Waals surface area contributed by atoms with Gasteiger partial charge in [-0.15, -0.1) is 0 Å². The molecular weight excluding hydrogens is 494 g/mol. The Morgan fingerprint density at radius 1 is 0.897 bits per heavy atom. The van der Waals surface area contributed by atoms with Crippen molar-refractivity contribution in [3.05, 3.63) is 89.1 Å². The first-order valence-corrected chi connectivity index (χ1v) is 13.4. The van der Waals surface area contributed by atoms with Crippen molar-refractivity contribution >= 4 is 23.5 Å². The van der Waals surface area contributed by atoms with Crippen molar-refractivity contribution in [2.75, 3.05) is 31.1 Å². The van der Waals surface area contributed by atoms with Gasteiger partial charge in [-0.1, -0.05) is 36.4 Å². The first kappa shape index (κ1) is 25.1. The number of pyridine rings is 1. The van der Waals surface area contributed by atoms with E-state index in [4.69, 9.17) is 4.74 Å². The van der Waals surface area contributed by atoms with Crippen molar-refractivity contribution in [3.63, 3.8) is 0 Å². The molecule has 3 aromatic rings. The summed E-state index contributed by atoms with van der Waals surface area (Å²) in [7, 11) is 0. The van der Waals surface area contributed by atoms with Crippen molar-refractivity contribution < 1.29 is 19.1 Å². The molecule has 200 valence electrons. The van der Waals surface area contributed by atoms with Gasteiger partial charge in [0.15, 0.2) is 0 Å². The van der Waals surface area contributed by atoms with Crippen molar-refractivity contribution in [1.29, 1.82) is 0 Å². The molecule has 0 bridgehead atoms. The number of piperidine rings is 1. The zero-order chi connectivity index (χ0) is 26.8. The Morgan fingerprint density at radius 2 is 1.69 bits per heavy atom. The number of aromatic nitrogens is 1. The molecule has 4 heterocycles. The van der Waals surface area contributed by atoms with Crippen LogP contribution in [0, 0.1) is 0 Å². The minimum atomic E-state index is -0.638. The molecule has 0 radical (unpaired) electrons. The van der Waals surface area contributed by atoms with Crippen LogP contribution < -0.4 is 15.0 Å². The maximum absolute atomic E-state index is 13.0. The zero-order valence-corrected chi connectivity index (χ0v) is 21.7. The van der Waals surface area contributed by atoms with Crippen LogP contribution in [0.2, 0.25) is 0 Å². The van der Waals surface area contributed by atoms with Crippen molar-refractivity contribution in [3.8, 4) is 5.75 Å². The van der Waals surface area contributed by atoms with Gasteiger partial charge in [0.1, 0.15) is 24.2 Å². The summed E-state index contributed by atoms with van der Waals surface area (Å²) in [5.41, 5.74) is 3.64. The Hall–Kier alpha value is -4.24. The highest BCUT2D eigenvalue weighted by molar-refractivity contribution is 6.05. The lowest BCUT2D eigenvalue weighted by Crippen LogP contribution is -2.52. The fourth-order valence-corrected chi connectivity index (χ4v) is 5.53. The molecule has 1 N–H and O–H groups in total. The first-order valence-electron chi connectivity index (χ1n) is 13.4. The summed E-state index contributed by atoms with van der Waals surface area (Å²) in [5, 5.41) is 2.34. The number of carbonyl (C=O) groups excluding carboxylic acids is 3. The molecule has 3 aliphatic heterocycles. The molecule has 9 heteroatoms. The van der Waals surface area contributed by atoms with E-state index < -0.39 is 11.9 Å². The Morgan fingerprint density at radius 3 is 2.44 bits per heavy atom. The van der Waals surface area contributed by atoms with Gasteiger partial charge in [0.05, 0.1) is 6.54 Å². The number of nitrogens with zero attached hydrogens (tertiary/aromatic N) is 4. The molecule has 1 aromatic heterocycles. The quantitative estimate of drug-likeness (QED) is 0.474. The lowest BCUT2D eigenvalue weighted by Gasteiger charge is -2.35. The van der Waals surface area contributed by atoms with Gasteiger partial charge in [0, 0.05) is 56.5 Å². The van der Waals surface area contributed by atoms with Gasteiger partial charge in [-0.05, 0) is 41.8 Å². The maximum Gasteiger partial charge on any atom is 0.255 e. The van der Waals surface area contributed by atoms with E-state index in [2.05, 4.69) is 50.4 Å². The highest BCUT2D eigenvalue weighted by Gasteiger charge is 2.40. The zero-order valence-electron chi connectivity index (χ0n) is 21.7. The van der Waals surface area contributed by atoms with Gasteiger partial charge in [0.25, 0.3) is 5.91 Å². The Bertz CT molecular complexity index is 1370. The number of ether oxygens (including phenoxy) is 1. The third kappa shape index (κ3) is 5.35. The Labute approximate surface area is 227 Å². The number of benzene rings is 2. The van der Waals surface area contributed by atoms with Crippen LogP contribution in [0.1, 0.15) is 39.9 Å². The molecule has 1 atom stereocenters. The second-order valence-corrected chi connectivity index (χ2v) is 10.2. The average Bonchev–Trinajstić information content (AvgIpc) is 3.30. The number of nitrogens with one attached hydrogen (secondary N) is 1. The number of piperazine rings is 1. The lowest BCUT2D eigenvalue weighted by atomic mass is 10.0. The smallest absolute Gasteiger partial charge is 0.255 e. The highest BCUT2D eigenvalue weighted by atomic mass is 16.5. The summed E-state index contributed by atoms with van der Waals surface area (Å²) >= 11 is 0. The van der Waals surface area contributed by atoms with Gasteiger partial charge in [0.2, 0.25) is 11.8 Å². The van der Waals surface area contributed by atoms with Gasteiger partial charge in [-0.2, -0.15) is 0 Å². The largest absolute Gasteiger partial charge is 0.489 e. The van der Waals surface area contributed by atoms with Gasteiger partial charge < -0.3 is 14.5 Å². The van der Waals surface area contributed by atoms with E-state index in [0.29, 0.717) is 30.9 Å². The first-order chi connectivity index (χ1) is 19.0. The molecule has 2 aromatic carbocycles. The number of anilines is 1. The molecule has 9 nitrogen and oxygen atoms in total. The number of fused-ring (bicyclic) bond motifs is 1. The summed E-state index contributed by atoms with van der Waals surface area (Å²) < 4.78 is 6.15. The molecule has 6 rings (SSSR count). The summed E-state index contributed by atoms with van der Waals surface area (Å²) in [4.78, 5) is 47.7. The third-order valence-electron chi connectivity index (χ3n) is 7.71. The molecule has 0 spiro atoms. The Balaban J connectivity index is 1.03. The molecule has 3 aliphatic rings. The van der Waals surface area contributed by atoms with Crippen LogP contribution in [0.15, 0.2) is 66.9 Å². The summed E-state index contributed by atoms with van der Waals surface area (Å²) in [6, 6.07) is 19.3. The van der Waals surface area contributed by atoms with Crippen LogP contribution in [0.25, 0.3) is 0 Å². The molecule has 2 fully saturated rings. The van der Waals surface area contributed by atoms with Gasteiger partial charge >= 0.3 is 0 Å². The van der Waals surface area contributed by atoms with Crippen LogP contribution in [-0.2, 0) is 29.3 Å². The monoisotopic (exact) mass is 525 g/mol. The van der Waals surface area contributed by atoms with E-state index in [1.807, 2.05) is 24.4 Å². The number of rotatable bonds is 7. The van der Waals surface area contributed by atoms with E-state index in [0.717, 1.165) is 49.7 Å². The molecule has 0 saturated carbocycles. The predicted octanol–water partition coefficient (Wildman–Crippen LogP) is 2.74. The lowest BCUT2D eigenvalue weighted by molar-refractivity contribution is -0.136.